The summed E-state index contributed by atoms with van der Waals surface area (Å²) in [6, 6.07) is 8.38. The Hall–Kier alpha value is -3.15. The molecule has 4 aliphatic rings. The molecule has 38 heavy (non-hydrogen) atoms. The van der Waals surface area contributed by atoms with Gasteiger partial charge in [-0.1, -0.05) is 11.8 Å². The van der Waals surface area contributed by atoms with Crippen molar-refractivity contribution in [3.8, 4) is 0 Å². The lowest BCUT2D eigenvalue weighted by Gasteiger charge is -2.32. The molecule has 10 nitrogen and oxygen atoms in total. The van der Waals surface area contributed by atoms with Crippen molar-refractivity contribution in [2.24, 2.45) is 11.8 Å². The second-order valence-corrected chi connectivity index (χ2v) is 11.9. The Morgan fingerprint density at radius 2 is 1.79 bits per heavy atom. The first kappa shape index (κ1) is 23.9. The summed E-state index contributed by atoms with van der Waals surface area (Å²) < 4.78 is 5.64. The Labute approximate surface area is 227 Å². The van der Waals surface area contributed by atoms with Crippen LogP contribution < -0.4 is 20.4 Å². The van der Waals surface area contributed by atoms with E-state index in [1.54, 1.807) is 11.8 Å². The molecular weight excluding hydrogens is 498 g/mol. The number of nitrogens with zero attached hydrogens (tertiary/aromatic N) is 7. The molecule has 3 aromatic heterocycles. The molecule has 11 heteroatoms. The second-order valence-electron chi connectivity index (χ2n) is 10.7. The minimum Gasteiger partial charge on any atom is -0.381 e. The number of ether oxygens (including phenoxy) is 1. The Balaban J connectivity index is 1.04. The minimum absolute atomic E-state index is 0.124. The molecule has 198 valence electrons. The number of hydrogen-bond donors (Lipinski definition) is 2. The fraction of sp³-hybridized carbons (Fsp3) is 0.481. The normalized spacial score (nSPS) is 24.8. The molecule has 0 saturated carbocycles. The first-order valence-electron chi connectivity index (χ1n) is 13.4. The van der Waals surface area contributed by atoms with Crippen molar-refractivity contribution in [2.75, 3.05) is 80.0 Å². The van der Waals surface area contributed by atoms with Crippen LogP contribution in [0.4, 0.5) is 29.1 Å². The van der Waals surface area contributed by atoms with Gasteiger partial charge in [0.1, 0.15) is 22.8 Å². The maximum Gasteiger partial charge on any atom is 0.227 e. The smallest absolute Gasteiger partial charge is 0.227 e. The van der Waals surface area contributed by atoms with Gasteiger partial charge in [0.2, 0.25) is 5.95 Å². The lowest BCUT2D eigenvalue weighted by molar-refractivity contribution is 0.177. The topological polar surface area (TPSA) is 94.6 Å². The van der Waals surface area contributed by atoms with Crippen LogP contribution in [0.25, 0.3) is 0 Å². The van der Waals surface area contributed by atoms with Crippen LogP contribution in [0.5, 0.6) is 0 Å². The van der Waals surface area contributed by atoms with Crippen molar-refractivity contribution in [3.05, 3.63) is 47.9 Å². The van der Waals surface area contributed by atoms with E-state index in [-0.39, 0.29) is 5.37 Å². The molecule has 4 aliphatic heterocycles. The maximum absolute atomic E-state index is 5.64. The summed E-state index contributed by atoms with van der Waals surface area (Å²) in [6.07, 6.45) is 3.87. The highest BCUT2D eigenvalue weighted by Crippen LogP contribution is 2.47. The molecule has 0 bridgehead atoms. The Morgan fingerprint density at radius 1 is 0.974 bits per heavy atom. The van der Waals surface area contributed by atoms with E-state index in [0.29, 0.717) is 11.8 Å². The molecule has 2 N–H and O–H groups in total. The van der Waals surface area contributed by atoms with Crippen molar-refractivity contribution in [1.29, 1.82) is 0 Å². The van der Waals surface area contributed by atoms with Crippen LogP contribution in [-0.4, -0.2) is 84.4 Å². The number of piperazine rings is 1. The molecule has 0 radical (unpaired) electrons. The quantitative estimate of drug-likeness (QED) is 0.507. The van der Waals surface area contributed by atoms with Gasteiger partial charge in [-0.25, -0.2) is 15.0 Å². The predicted molar refractivity (Wildman–Crippen MR) is 150 cm³/mol. The summed E-state index contributed by atoms with van der Waals surface area (Å²) >= 11 is 1.79. The third-order valence-corrected chi connectivity index (χ3v) is 9.13. The Morgan fingerprint density at radius 3 is 2.61 bits per heavy atom. The van der Waals surface area contributed by atoms with Gasteiger partial charge in [0.25, 0.3) is 0 Å². The standard InChI is InChI=1S/C27H33N9OS/c1-17-9-24(33-27(30-17)35-7-5-34(2)6-8-35)32-23-11-21-22(12-29-23)38-26(31-21)18-3-4-28-25(10-18)36-13-19-15-37-16-20(19)14-36/h3-4,9-12,19-20,26,31H,5-8,13-16H2,1-2H3,(H,29,30,32,33)/t19-,20+,26?. The molecule has 0 aromatic carbocycles. The zero-order valence-corrected chi connectivity index (χ0v) is 22.6. The average Bonchev–Trinajstić information content (AvgIpc) is 3.64. The van der Waals surface area contributed by atoms with E-state index in [1.165, 1.54) is 5.56 Å². The van der Waals surface area contributed by atoms with Crippen LogP contribution in [0.1, 0.15) is 16.6 Å². The number of anilines is 5. The fourth-order valence-corrected chi connectivity index (χ4v) is 6.79. The zero-order chi connectivity index (χ0) is 25.6. The minimum atomic E-state index is 0.124. The molecule has 7 rings (SSSR count). The van der Waals surface area contributed by atoms with E-state index in [0.717, 1.165) is 92.2 Å². The highest BCUT2D eigenvalue weighted by Gasteiger charge is 2.38. The summed E-state index contributed by atoms with van der Waals surface area (Å²) in [4.78, 5) is 27.0. The summed E-state index contributed by atoms with van der Waals surface area (Å²) in [5.41, 5.74) is 3.24. The molecule has 0 spiro atoms. The van der Waals surface area contributed by atoms with E-state index < -0.39 is 0 Å². The number of likely N-dealkylation sites (N-methyl/N-ethyl adjacent to an activating group) is 1. The monoisotopic (exact) mass is 531 g/mol. The second kappa shape index (κ2) is 9.87. The maximum atomic E-state index is 5.64. The first-order chi connectivity index (χ1) is 18.6. The highest BCUT2D eigenvalue weighted by molar-refractivity contribution is 8.00. The van der Waals surface area contributed by atoms with Gasteiger partial charge in [-0.2, -0.15) is 4.98 Å². The number of aromatic nitrogens is 4. The third-order valence-electron chi connectivity index (χ3n) is 7.92. The van der Waals surface area contributed by atoms with E-state index in [4.69, 9.17) is 9.72 Å². The highest BCUT2D eigenvalue weighted by atomic mass is 32.2. The van der Waals surface area contributed by atoms with Crippen LogP contribution in [0.2, 0.25) is 0 Å². The molecule has 7 heterocycles. The first-order valence-corrected chi connectivity index (χ1v) is 14.2. The van der Waals surface area contributed by atoms with E-state index in [1.807, 2.05) is 25.4 Å². The van der Waals surface area contributed by atoms with Gasteiger partial charge in [-0.05, 0) is 31.7 Å². The lowest BCUT2D eigenvalue weighted by atomic mass is 10.0. The van der Waals surface area contributed by atoms with Crippen LogP contribution in [0.3, 0.4) is 0 Å². The average molecular weight is 532 g/mol. The van der Waals surface area contributed by atoms with Crippen LogP contribution in [0, 0.1) is 18.8 Å². The number of aryl methyl sites for hydroxylation is 1. The van der Waals surface area contributed by atoms with Gasteiger partial charge in [-0.3, -0.25) is 0 Å². The van der Waals surface area contributed by atoms with E-state index in [2.05, 4.69) is 65.5 Å². The molecular formula is C27H33N9OS. The van der Waals surface area contributed by atoms with Gasteiger partial charge in [-0.15, -0.1) is 0 Å². The summed E-state index contributed by atoms with van der Waals surface area (Å²) in [5.74, 6) is 4.64. The molecule has 3 fully saturated rings. The molecule has 3 atom stereocenters. The summed E-state index contributed by atoms with van der Waals surface area (Å²) in [6.45, 7) is 9.74. The summed E-state index contributed by atoms with van der Waals surface area (Å²) in [5, 5.41) is 7.22. The van der Waals surface area contributed by atoms with Gasteiger partial charge in [0.05, 0.1) is 23.8 Å². The SMILES string of the molecule is Cc1cc(Nc2cc3c(cn2)SC(c2ccnc(N4C[C@H]5COC[C@H]5C4)c2)N3)nc(N2CCN(C)CC2)n1. The number of nitrogens with one attached hydrogen (secondary N) is 2. The van der Waals surface area contributed by atoms with Crippen LogP contribution >= 0.6 is 11.8 Å². The Bertz CT molecular complexity index is 1320. The number of fused-ring (bicyclic) bond motifs is 2. The number of rotatable bonds is 5. The van der Waals surface area contributed by atoms with Gasteiger partial charge < -0.3 is 30.1 Å². The zero-order valence-electron chi connectivity index (χ0n) is 21.8. The van der Waals surface area contributed by atoms with Crippen molar-refractivity contribution in [3.63, 3.8) is 0 Å². The van der Waals surface area contributed by atoms with Gasteiger partial charge in [0, 0.05) is 81.3 Å². The molecule has 1 unspecified atom stereocenters. The fourth-order valence-electron chi connectivity index (χ4n) is 5.71. The van der Waals surface area contributed by atoms with Gasteiger partial charge >= 0.3 is 0 Å². The lowest BCUT2D eigenvalue weighted by Crippen LogP contribution is -2.45. The van der Waals surface area contributed by atoms with Crippen molar-refractivity contribution < 1.29 is 4.74 Å². The molecule has 0 amide bonds. The van der Waals surface area contributed by atoms with E-state index in [9.17, 15) is 0 Å². The number of hydrogen-bond acceptors (Lipinski definition) is 11. The number of thioether (sulfide) groups is 1. The molecule has 0 aliphatic carbocycles. The van der Waals surface area contributed by atoms with Crippen molar-refractivity contribution in [2.45, 2.75) is 17.2 Å². The largest absolute Gasteiger partial charge is 0.381 e. The van der Waals surface area contributed by atoms with Crippen LogP contribution in [-0.2, 0) is 4.74 Å². The van der Waals surface area contributed by atoms with E-state index >= 15 is 0 Å². The number of pyridine rings is 2. The predicted octanol–water partition coefficient (Wildman–Crippen LogP) is 3.37. The third kappa shape index (κ3) is 4.74. The molecule has 3 saturated heterocycles. The van der Waals surface area contributed by atoms with Gasteiger partial charge in [0.15, 0.2) is 0 Å². The molecule has 3 aromatic rings. The Kier molecular flexibility index (Phi) is 6.21. The van der Waals surface area contributed by atoms with Crippen molar-refractivity contribution >= 4 is 40.9 Å². The summed E-state index contributed by atoms with van der Waals surface area (Å²) in [7, 11) is 2.15. The van der Waals surface area contributed by atoms with Crippen molar-refractivity contribution in [1.82, 2.24) is 24.8 Å². The van der Waals surface area contributed by atoms with Crippen LogP contribution in [0.15, 0.2) is 41.6 Å².